The van der Waals surface area contributed by atoms with Gasteiger partial charge in [-0.3, -0.25) is 0 Å². The van der Waals surface area contributed by atoms with Crippen LogP contribution in [0.4, 0.5) is 0 Å². The molecule has 23 heavy (non-hydrogen) atoms. The summed E-state index contributed by atoms with van der Waals surface area (Å²) in [4.78, 5) is 7.09. The van der Waals surface area contributed by atoms with E-state index in [0.717, 1.165) is 30.1 Å². The molecule has 4 nitrogen and oxygen atoms in total. The molecule has 0 aliphatic heterocycles. The van der Waals surface area contributed by atoms with Crippen molar-refractivity contribution in [2.75, 3.05) is 21.2 Å². The molecule has 2 heterocycles. The number of nitrogens with zero attached hydrogens (tertiary/aromatic N) is 3. The van der Waals surface area contributed by atoms with Crippen molar-refractivity contribution in [3.8, 4) is 5.75 Å². The molecule has 3 rings (SSSR count). The number of benzene rings is 1. The molecule has 3 aromatic rings. The molecule has 0 aliphatic rings. The fourth-order valence-electron chi connectivity index (χ4n) is 2.88. The van der Waals surface area contributed by atoms with E-state index in [4.69, 9.17) is 9.72 Å². The normalized spacial score (nSPS) is 11.3. The van der Waals surface area contributed by atoms with Gasteiger partial charge in [0, 0.05) is 19.2 Å². The van der Waals surface area contributed by atoms with Crippen LogP contribution in [0.5, 0.6) is 5.75 Å². The van der Waals surface area contributed by atoms with Gasteiger partial charge in [0.25, 0.3) is 0 Å². The molecule has 0 atom stereocenters. The predicted octanol–water partition coefficient (Wildman–Crippen LogP) is 3.30. The SMILES string of the molecule is COc1cccc(Cc2nc3c(C)cccn3c2CN(C)C)c1. The van der Waals surface area contributed by atoms with Gasteiger partial charge >= 0.3 is 0 Å². The number of fused-ring (bicyclic) bond motifs is 1. The van der Waals surface area contributed by atoms with Gasteiger partial charge < -0.3 is 14.0 Å². The lowest BCUT2D eigenvalue weighted by molar-refractivity contribution is 0.394. The number of imidazole rings is 1. The molecule has 0 bridgehead atoms. The van der Waals surface area contributed by atoms with Crippen molar-refractivity contribution >= 4 is 5.65 Å². The van der Waals surface area contributed by atoms with Gasteiger partial charge in [-0.25, -0.2) is 4.98 Å². The third-order valence-electron chi connectivity index (χ3n) is 4.00. The maximum absolute atomic E-state index is 5.33. The van der Waals surface area contributed by atoms with Gasteiger partial charge in [0.1, 0.15) is 11.4 Å². The van der Waals surface area contributed by atoms with E-state index in [1.165, 1.54) is 16.8 Å². The standard InChI is InChI=1S/C19H23N3O/c1-14-7-6-10-22-18(13-21(2)3)17(20-19(14)22)12-15-8-5-9-16(11-15)23-4/h5-11H,12-13H2,1-4H3. The first-order valence-electron chi connectivity index (χ1n) is 7.81. The Morgan fingerprint density at radius 2 is 2.00 bits per heavy atom. The maximum atomic E-state index is 5.33. The third kappa shape index (κ3) is 3.22. The Labute approximate surface area is 137 Å². The van der Waals surface area contributed by atoms with E-state index >= 15 is 0 Å². The molecular weight excluding hydrogens is 286 g/mol. The van der Waals surface area contributed by atoms with Crippen LogP contribution in [0.3, 0.4) is 0 Å². The van der Waals surface area contributed by atoms with Gasteiger partial charge in [-0.05, 0) is 50.3 Å². The quantitative estimate of drug-likeness (QED) is 0.724. The first kappa shape index (κ1) is 15.6. The number of rotatable bonds is 5. The summed E-state index contributed by atoms with van der Waals surface area (Å²) in [5.74, 6) is 0.886. The highest BCUT2D eigenvalue weighted by atomic mass is 16.5. The van der Waals surface area contributed by atoms with Gasteiger partial charge in [-0.2, -0.15) is 0 Å². The van der Waals surface area contributed by atoms with Crippen LogP contribution in [-0.4, -0.2) is 35.5 Å². The van der Waals surface area contributed by atoms with Crippen molar-refractivity contribution < 1.29 is 4.74 Å². The van der Waals surface area contributed by atoms with Crippen molar-refractivity contribution in [1.29, 1.82) is 0 Å². The number of ether oxygens (including phenoxy) is 1. The molecule has 4 heteroatoms. The van der Waals surface area contributed by atoms with Crippen LogP contribution < -0.4 is 4.74 Å². The Bertz CT molecular complexity index is 821. The van der Waals surface area contributed by atoms with Crippen molar-refractivity contribution in [3.63, 3.8) is 0 Å². The highest BCUT2D eigenvalue weighted by molar-refractivity contribution is 5.51. The summed E-state index contributed by atoms with van der Waals surface area (Å²) in [5.41, 5.74) is 5.83. The highest BCUT2D eigenvalue weighted by Crippen LogP contribution is 2.21. The third-order valence-corrected chi connectivity index (χ3v) is 4.00. The largest absolute Gasteiger partial charge is 0.497 e. The van der Waals surface area contributed by atoms with E-state index in [0.29, 0.717) is 0 Å². The molecule has 0 saturated carbocycles. The Morgan fingerprint density at radius 1 is 1.17 bits per heavy atom. The van der Waals surface area contributed by atoms with Crippen molar-refractivity contribution in [1.82, 2.24) is 14.3 Å². The highest BCUT2D eigenvalue weighted by Gasteiger charge is 2.14. The van der Waals surface area contributed by atoms with Gasteiger partial charge in [-0.1, -0.05) is 18.2 Å². The topological polar surface area (TPSA) is 29.8 Å². The average molecular weight is 309 g/mol. The Hall–Kier alpha value is -2.33. The summed E-state index contributed by atoms with van der Waals surface area (Å²) in [7, 11) is 5.87. The summed E-state index contributed by atoms with van der Waals surface area (Å²) in [5, 5.41) is 0. The van der Waals surface area contributed by atoms with E-state index in [9.17, 15) is 0 Å². The monoisotopic (exact) mass is 309 g/mol. The van der Waals surface area contributed by atoms with Crippen LogP contribution in [0.1, 0.15) is 22.5 Å². The van der Waals surface area contributed by atoms with Crippen molar-refractivity contribution in [2.45, 2.75) is 19.9 Å². The Balaban J connectivity index is 2.06. The molecule has 120 valence electrons. The molecule has 0 radical (unpaired) electrons. The van der Waals surface area contributed by atoms with Crippen LogP contribution in [0.25, 0.3) is 5.65 Å². The van der Waals surface area contributed by atoms with Gasteiger partial charge in [0.15, 0.2) is 0 Å². The molecular formula is C19H23N3O. The number of hydrogen-bond donors (Lipinski definition) is 0. The zero-order valence-corrected chi connectivity index (χ0v) is 14.2. The lowest BCUT2D eigenvalue weighted by Crippen LogP contribution is -2.14. The lowest BCUT2D eigenvalue weighted by Gasteiger charge is -2.12. The minimum absolute atomic E-state index is 0.807. The molecule has 0 saturated heterocycles. The first-order chi connectivity index (χ1) is 11.1. The molecule has 1 aromatic carbocycles. The van der Waals surface area contributed by atoms with Crippen LogP contribution in [0, 0.1) is 6.92 Å². The second kappa shape index (κ2) is 6.42. The summed E-state index contributed by atoms with van der Waals surface area (Å²) in [6.07, 6.45) is 2.91. The van der Waals surface area contributed by atoms with E-state index in [1.807, 2.05) is 12.1 Å². The van der Waals surface area contributed by atoms with Crippen LogP contribution >= 0.6 is 0 Å². The minimum atomic E-state index is 0.807. The molecule has 0 unspecified atom stereocenters. The van der Waals surface area contributed by atoms with Crippen molar-refractivity contribution in [3.05, 3.63) is 65.1 Å². The summed E-state index contributed by atoms with van der Waals surface area (Å²) in [6, 6.07) is 12.4. The number of aromatic nitrogens is 2. The molecule has 0 spiro atoms. The van der Waals surface area contributed by atoms with E-state index in [1.54, 1.807) is 7.11 Å². The summed E-state index contributed by atoms with van der Waals surface area (Å²) >= 11 is 0. The van der Waals surface area contributed by atoms with Crippen LogP contribution in [-0.2, 0) is 13.0 Å². The second-order valence-corrected chi connectivity index (χ2v) is 6.16. The fourth-order valence-corrected chi connectivity index (χ4v) is 2.88. The van der Waals surface area contributed by atoms with Gasteiger partial charge in [0.2, 0.25) is 0 Å². The molecule has 0 N–H and O–H groups in total. The first-order valence-corrected chi connectivity index (χ1v) is 7.81. The van der Waals surface area contributed by atoms with E-state index in [-0.39, 0.29) is 0 Å². The second-order valence-electron chi connectivity index (χ2n) is 6.16. The van der Waals surface area contributed by atoms with Gasteiger partial charge in [-0.15, -0.1) is 0 Å². The number of aryl methyl sites for hydroxylation is 1. The predicted molar refractivity (Wildman–Crippen MR) is 93.1 cm³/mol. The smallest absolute Gasteiger partial charge is 0.140 e. The fraction of sp³-hybridized carbons (Fsp3) is 0.316. The van der Waals surface area contributed by atoms with E-state index in [2.05, 4.69) is 60.8 Å². The van der Waals surface area contributed by atoms with E-state index < -0.39 is 0 Å². The number of hydrogen-bond acceptors (Lipinski definition) is 3. The van der Waals surface area contributed by atoms with Crippen LogP contribution in [0.15, 0.2) is 42.6 Å². The lowest BCUT2D eigenvalue weighted by atomic mass is 10.1. The Kier molecular flexibility index (Phi) is 4.35. The maximum Gasteiger partial charge on any atom is 0.140 e. The summed E-state index contributed by atoms with van der Waals surface area (Å²) in [6.45, 7) is 2.97. The molecule has 2 aromatic heterocycles. The van der Waals surface area contributed by atoms with Crippen LogP contribution in [0.2, 0.25) is 0 Å². The van der Waals surface area contributed by atoms with Gasteiger partial charge in [0.05, 0.1) is 18.5 Å². The molecule has 0 aliphatic carbocycles. The molecule has 0 amide bonds. The Morgan fingerprint density at radius 3 is 2.74 bits per heavy atom. The van der Waals surface area contributed by atoms with Crippen molar-refractivity contribution in [2.24, 2.45) is 0 Å². The summed E-state index contributed by atoms with van der Waals surface area (Å²) < 4.78 is 7.54. The number of methoxy groups -OCH3 is 1. The zero-order valence-electron chi connectivity index (χ0n) is 14.2. The number of pyridine rings is 1. The zero-order chi connectivity index (χ0) is 16.4. The minimum Gasteiger partial charge on any atom is -0.497 e. The molecule has 0 fully saturated rings. The average Bonchev–Trinajstić information content (AvgIpc) is 2.86.